The van der Waals surface area contributed by atoms with Crippen LogP contribution < -0.4 is 0 Å². The smallest absolute Gasteiger partial charge is 0.253 e. The zero-order valence-corrected chi connectivity index (χ0v) is 16.7. The van der Waals surface area contributed by atoms with Crippen molar-refractivity contribution in [2.24, 2.45) is 0 Å². The van der Waals surface area contributed by atoms with Gasteiger partial charge in [-0.1, -0.05) is 24.6 Å². The number of hydrogen-bond donors (Lipinski definition) is 0. The van der Waals surface area contributed by atoms with E-state index in [0.717, 1.165) is 35.3 Å². The predicted octanol–water partition coefficient (Wildman–Crippen LogP) is 4.52. The molecule has 140 valence electrons. The van der Waals surface area contributed by atoms with Crippen LogP contribution in [0.2, 0.25) is 0 Å². The highest BCUT2D eigenvalue weighted by Gasteiger charge is 2.23. The van der Waals surface area contributed by atoms with Crippen molar-refractivity contribution in [2.75, 3.05) is 27.2 Å². The van der Waals surface area contributed by atoms with E-state index in [0.29, 0.717) is 6.04 Å². The Hall–Kier alpha value is -2.24. The highest BCUT2D eigenvalue weighted by atomic mass is 32.1. The maximum absolute atomic E-state index is 13.0. The Kier molecular flexibility index (Phi) is 5.23. The number of amides is 1. The fourth-order valence-corrected chi connectivity index (χ4v) is 4.52. The van der Waals surface area contributed by atoms with Crippen LogP contribution in [0.5, 0.6) is 0 Å². The van der Waals surface area contributed by atoms with Crippen molar-refractivity contribution in [1.29, 1.82) is 0 Å². The van der Waals surface area contributed by atoms with E-state index in [4.69, 9.17) is 0 Å². The molecule has 1 saturated heterocycles. The van der Waals surface area contributed by atoms with E-state index in [1.54, 1.807) is 11.3 Å². The first-order valence-corrected chi connectivity index (χ1v) is 10.4. The third-order valence-electron chi connectivity index (χ3n) is 5.53. The molecule has 2 heterocycles. The number of carbonyl (C=O) groups is 1. The number of thiazole rings is 1. The maximum atomic E-state index is 13.0. The molecule has 0 aliphatic carbocycles. The van der Waals surface area contributed by atoms with Crippen LogP contribution >= 0.6 is 11.3 Å². The second-order valence-corrected chi connectivity index (χ2v) is 8.32. The van der Waals surface area contributed by atoms with Gasteiger partial charge >= 0.3 is 0 Å². The molecule has 27 heavy (non-hydrogen) atoms. The highest BCUT2D eigenvalue weighted by molar-refractivity contribution is 7.16. The fourth-order valence-electron chi connectivity index (χ4n) is 3.86. The fraction of sp³-hybridized carbons (Fsp3) is 0.364. The second kappa shape index (κ2) is 7.79. The normalized spacial score (nSPS) is 17.9. The minimum Gasteiger partial charge on any atom is -0.340 e. The average molecular weight is 380 g/mol. The molecule has 0 saturated carbocycles. The number of nitrogens with zero attached hydrogens (tertiary/aromatic N) is 3. The first kappa shape index (κ1) is 18.1. The molecular formula is C22H25N3OS. The largest absolute Gasteiger partial charge is 0.340 e. The van der Waals surface area contributed by atoms with Crippen LogP contribution in [0, 0.1) is 0 Å². The lowest BCUT2D eigenvalue weighted by molar-refractivity contribution is 0.0717. The molecule has 1 aliphatic heterocycles. The molecule has 1 aliphatic rings. The van der Waals surface area contributed by atoms with Crippen molar-refractivity contribution in [2.45, 2.75) is 25.3 Å². The summed E-state index contributed by atoms with van der Waals surface area (Å²) in [6.45, 7) is 1.91. The van der Waals surface area contributed by atoms with Gasteiger partial charge in [0.2, 0.25) is 0 Å². The third-order valence-corrected chi connectivity index (χ3v) is 6.34. The number of carbonyl (C=O) groups excluding carboxylic acids is 1. The molecule has 2 aromatic carbocycles. The predicted molar refractivity (Wildman–Crippen MR) is 112 cm³/mol. The Morgan fingerprint density at radius 2 is 2.07 bits per heavy atom. The van der Waals surface area contributed by atoms with Crippen LogP contribution in [0.25, 0.3) is 21.3 Å². The first-order valence-electron chi connectivity index (χ1n) is 9.51. The van der Waals surface area contributed by atoms with Gasteiger partial charge < -0.3 is 9.80 Å². The zero-order chi connectivity index (χ0) is 18.8. The van der Waals surface area contributed by atoms with Crippen molar-refractivity contribution in [1.82, 2.24) is 14.8 Å². The summed E-state index contributed by atoms with van der Waals surface area (Å²) in [4.78, 5) is 21.6. The van der Waals surface area contributed by atoms with Crippen molar-refractivity contribution in [3.8, 4) is 11.1 Å². The number of piperidine rings is 1. The number of aromatic nitrogens is 1. The van der Waals surface area contributed by atoms with Gasteiger partial charge in [0, 0.05) is 25.2 Å². The maximum Gasteiger partial charge on any atom is 0.253 e. The average Bonchev–Trinajstić information content (AvgIpc) is 3.17. The molecule has 0 bridgehead atoms. The summed E-state index contributed by atoms with van der Waals surface area (Å²) >= 11 is 1.64. The number of fused-ring (bicyclic) bond motifs is 1. The van der Waals surface area contributed by atoms with Crippen LogP contribution in [-0.2, 0) is 0 Å². The van der Waals surface area contributed by atoms with Crippen LogP contribution in [-0.4, -0.2) is 53.9 Å². The zero-order valence-electron chi connectivity index (χ0n) is 15.9. The summed E-state index contributed by atoms with van der Waals surface area (Å²) in [5.74, 6) is 0.0885. The van der Waals surface area contributed by atoms with E-state index < -0.39 is 0 Å². The quantitative estimate of drug-likeness (QED) is 0.669. The SMILES string of the molecule is CN(C[C@@H]1CCCCN1C)C(=O)c1cccc(-c2ccc3scnc3c2)c1. The molecule has 0 spiro atoms. The summed E-state index contributed by atoms with van der Waals surface area (Å²) in [6.07, 6.45) is 3.68. The van der Waals surface area contributed by atoms with Crippen LogP contribution in [0.4, 0.5) is 0 Å². The van der Waals surface area contributed by atoms with Gasteiger partial charge in [-0.25, -0.2) is 4.98 Å². The van der Waals surface area contributed by atoms with Crippen LogP contribution in [0.15, 0.2) is 48.0 Å². The first-order chi connectivity index (χ1) is 13.1. The number of likely N-dealkylation sites (N-methyl/N-ethyl adjacent to an activating group) is 2. The number of hydrogen-bond acceptors (Lipinski definition) is 4. The molecule has 4 nitrogen and oxygen atoms in total. The highest BCUT2D eigenvalue weighted by Crippen LogP contribution is 2.27. The van der Waals surface area contributed by atoms with Crippen molar-refractivity contribution in [3.63, 3.8) is 0 Å². The van der Waals surface area contributed by atoms with E-state index in [2.05, 4.69) is 41.2 Å². The van der Waals surface area contributed by atoms with E-state index in [1.807, 2.05) is 35.7 Å². The minimum absolute atomic E-state index is 0.0885. The summed E-state index contributed by atoms with van der Waals surface area (Å²) in [6, 6.07) is 14.7. The standard InChI is InChI=1S/C22H25N3OS/c1-24-11-4-3-8-19(24)14-25(2)22(26)18-7-5-6-16(12-18)17-9-10-21-20(13-17)23-15-27-21/h5-7,9-10,12-13,15,19H,3-4,8,11,14H2,1-2H3/t19-/m0/s1. The van der Waals surface area contributed by atoms with Crippen LogP contribution in [0.3, 0.4) is 0 Å². The molecule has 1 atom stereocenters. The Labute approximate surface area is 164 Å². The molecule has 1 fully saturated rings. The van der Waals surface area contributed by atoms with Crippen LogP contribution in [0.1, 0.15) is 29.6 Å². The van der Waals surface area contributed by atoms with Gasteiger partial charge in [0.15, 0.2) is 0 Å². The Morgan fingerprint density at radius 1 is 1.22 bits per heavy atom. The topological polar surface area (TPSA) is 36.4 Å². The lowest BCUT2D eigenvalue weighted by Crippen LogP contribution is -2.45. The number of benzene rings is 2. The van der Waals surface area contributed by atoms with Gasteiger partial charge in [0.25, 0.3) is 5.91 Å². The van der Waals surface area contributed by atoms with Gasteiger partial charge in [-0.2, -0.15) is 0 Å². The number of likely N-dealkylation sites (tertiary alicyclic amines) is 1. The lowest BCUT2D eigenvalue weighted by atomic mass is 10.0. The molecule has 4 rings (SSSR count). The molecular weight excluding hydrogens is 354 g/mol. The summed E-state index contributed by atoms with van der Waals surface area (Å²) in [5.41, 5.74) is 5.77. The molecule has 1 amide bonds. The molecule has 0 N–H and O–H groups in total. The van der Waals surface area contributed by atoms with Crippen molar-refractivity contribution >= 4 is 27.5 Å². The van der Waals surface area contributed by atoms with E-state index >= 15 is 0 Å². The lowest BCUT2D eigenvalue weighted by Gasteiger charge is -2.35. The van der Waals surface area contributed by atoms with E-state index in [-0.39, 0.29) is 5.91 Å². The molecule has 3 aromatic rings. The van der Waals surface area contributed by atoms with Gasteiger partial charge in [-0.05, 0) is 61.8 Å². The van der Waals surface area contributed by atoms with Crippen molar-refractivity contribution in [3.05, 3.63) is 53.5 Å². The monoisotopic (exact) mass is 379 g/mol. The summed E-state index contributed by atoms with van der Waals surface area (Å²) in [7, 11) is 4.08. The van der Waals surface area contributed by atoms with Gasteiger partial charge in [-0.15, -0.1) is 11.3 Å². The Bertz CT molecular complexity index is 951. The third kappa shape index (κ3) is 3.89. The Balaban J connectivity index is 1.53. The Morgan fingerprint density at radius 3 is 2.93 bits per heavy atom. The summed E-state index contributed by atoms with van der Waals surface area (Å²) in [5, 5.41) is 0. The van der Waals surface area contributed by atoms with Gasteiger partial charge in [0.1, 0.15) is 0 Å². The molecule has 0 unspecified atom stereocenters. The molecule has 5 heteroatoms. The number of rotatable bonds is 4. The summed E-state index contributed by atoms with van der Waals surface area (Å²) < 4.78 is 1.18. The minimum atomic E-state index is 0.0885. The molecule has 0 radical (unpaired) electrons. The molecule has 1 aromatic heterocycles. The van der Waals surface area contributed by atoms with E-state index in [9.17, 15) is 4.79 Å². The van der Waals surface area contributed by atoms with Gasteiger partial charge in [-0.3, -0.25) is 4.79 Å². The van der Waals surface area contributed by atoms with Crippen molar-refractivity contribution < 1.29 is 4.79 Å². The van der Waals surface area contributed by atoms with Gasteiger partial charge in [0.05, 0.1) is 15.7 Å². The van der Waals surface area contributed by atoms with E-state index in [1.165, 1.54) is 24.0 Å². The second-order valence-electron chi connectivity index (χ2n) is 7.43.